The zero-order valence-corrected chi connectivity index (χ0v) is 17.2. The number of likely N-dealkylation sites (tertiary alicyclic amines) is 1. The molecule has 0 bridgehead atoms. The smallest absolute Gasteiger partial charge is 0.279 e. The Hall–Kier alpha value is -1.90. The highest BCUT2D eigenvalue weighted by atomic mass is 79.9. The lowest BCUT2D eigenvalue weighted by Crippen LogP contribution is -2.56. The van der Waals surface area contributed by atoms with E-state index in [1.54, 1.807) is 11.6 Å². The summed E-state index contributed by atoms with van der Waals surface area (Å²) in [5, 5.41) is 3.48. The summed E-state index contributed by atoms with van der Waals surface area (Å²) in [6.07, 6.45) is 1.98. The second kappa shape index (κ2) is 7.26. The standard InChI is InChI=1S/C19H25BrN6O/c1-12-22-17-16(18(27)24(12)2)26(10-13-6-3-4-8-15(13)20)19(23-17)25-9-5-7-14(21)11-25/h3-4,6,8,14,19,23H,5,7,9-11,21H2,1-2H3/t14-,19?/m1/s1. The van der Waals surface area contributed by atoms with Crippen molar-refractivity contribution in [1.29, 1.82) is 0 Å². The molecule has 144 valence electrons. The molecular formula is C19H25BrN6O. The predicted octanol–water partition coefficient (Wildman–Crippen LogP) is 1.99. The molecule has 8 heteroatoms. The second-order valence-corrected chi connectivity index (χ2v) is 8.21. The van der Waals surface area contributed by atoms with Gasteiger partial charge in [0.25, 0.3) is 5.56 Å². The number of anilines is 2. The van der Waals surface area contributed by atoms with Gasteiger partial charge in [0.15, 0.2) is 12.1 Å². The average molecular weight is 433 g/mol. The van der Waals surface area contributed by atoms with Crippen molar-refractivity contribution < 1.29 is 0 Å². The van der Waals surface area contributed by atoms with Crippen molar-refractivity contribution in [2.45, 2.75) is 38.6 Å². The highest BCUT2D eigenvalue weighted by Crippen LogP contribution is 2.34. The van der Waals surface area contributed by atoms with Gasteiger partial charge in [0.2, 0.25) is 0 Å². The van der Waals surface area contributed by atoms with Crippen LogP contribution in [-0.2, 0) is 13.6 Å². The first-order valence-corrected chi connectivity index (χ1v) is 10.1. The maximum Gasteiger partial charge on any atom is 0.279 e. The van der Waals surface area contributed by atoms with E-state index in [0.29, 0.717) is 23.9 Å². The van der Waals surface area contributed by atoms with E-state index in [1.165, 1.54) is 0 Å². The van der Waals surface area contributed by atoms with Gasteiger partial charge in [-0.2, -0.15) is 0 Å². The van der Waals surface area contributed by atoms with Crippen LogP contribution in [0.3, 0.4) is 0 Å². The Kier molecular flexibility index (Phi) is 4.96. The molecule has 0 aliphatic carbocycles. The van der Waals surface area contributed by atoms with Crippen LogP contribution in [0.2, 0.25) is 0 Å². The molecule has 2 aromatic rings. The van der Waals surface area contributed by atoms with Gasteiger partial charge in [0, 0.05) is 37.2 Å². The van der Waals surface area contributed by atoms with Gasteiger partial charge in [0.05, 0.1) is 0 Å². The van der Waals surface area contributed by atoms with Crippen molar-refractivity contribution >= 4 is 27.4 Å². The normalized spacial score (nSPS) is 22.6. The number of nitrogens with zero attached hydrogens (tertiary/aromatic N) is 4. The van der Waals surface area contributed by atoms with E-state index >= 15 is 0 Å². The third kappa shape index (κ3) is 3.37. The molecule has 3 heterocycles. The summed E-state index contributed by atoms with van der Waals surface area (Å²) in [6, 6.07) is 8.27. The van der Waals surface area contributed by atoms with Crippen molar-refractivity contribution in [3.05, 3.63) is 50.5 Å². The topological polar surface area (TPSA) is 79.4 Å². The maximum absolute atomic E-state index is 13.0. The Morgan fingerprint density at radius 1 is 1.37 bits per heavy atom. The third-order valence-corrected chi connectivity index (χ3v) is 6.25. The molecule has 0 amide bonds. The molecule has 27 heavy (non-hydrogen) atoms. The van der Waals surface area contributed by atoms with Gasteiger partial charge >= 0.3 is 0 Å². The van der Waals surface area contributed by atoms with Gasteiger partial charge in [-0.1, -0.05) is 34.1 Å². The minimum Gasteiger partial charge on any atom is -0.335 e. The van der Waals surface area contributed by atoms with E-state index < -0.39 is 0 Å². The van der Waals surface area contributed by atoms with Crippen molar-refractivity contribution in [2.75, 3.05) is 23.3 Å². The molecule has 4 rings (SSSR count). The van der Waals surface area contributed by atoms with E-state index in [9.17, 15) is 4.79 Å². The van der Waals surface area contributed by atoms with Gasteiger partial charge in [-0.15, -0.1) is 0 Å². The molecule has 2 aliphatic rings. The molecule has 1 unspecified atom stereocenters. The fraction of sp³-hybridized carbons (Fsp3) is 0.474. The largest absolute Gasteiger partial charge is 0.335 e. The van der Waals surface area contributed by atoms with Crippen molar-refractivity contribution in [2.24, 2.45) is 12.8 Å². The van der Waals surface area contributed by atoms with Gasteiger partial charge in [0.1, 0.15) is 11.5 Å². The van der Waals surface area contributed by atoms with Crippen LogP contribution in [0.5, 0.6) is 0 Å². The van der Waals surface area contributed by atoms with E-state index in [-0.39, 0.29) is 17.9 Å². The molecule has 7 nitrogen and oxygen atoms in total. The number of aryl methyl sites for hydroxylation is 1. The number of nitrogens with two attached hydrogens (primary N) is 1. The molecule has 1 fully saturated rings. The number of hydrogen-bond acceptors (Lipinski definition) is 6. The first-order valence-electron chi connectivity index (χ1n) is 9.29. The molecule has 0 radical (unpaired) electrons. The number of fused-ring (bicyclic) bond motifs is 1. The van der Waals surface area contributed by atoms with Crippen molar-refractivity contribution in [1.82, 2.24) is 14.5 Å². The first-order chi connectivity index (χ1) is 13.0. The summed E-state index contributed by atoms with van der Waals surface area (Å²) in [5.41, 5.74) is 7.95. The molecule has 0 spiro atoms. The lowest BCUT2D eigenvalue weighted by molar-refractivity contribution is 0.162. The molecule has 1 saturated heterocycles. The third-order valence-electron chi connectivity index (χ3n) is 5.47. The van der Waals surface area contributed by atoms with E-state index in [0.717, 1.165) is 36.0 Å². The van der Waals surface area contributed by atoms with E-state index in [2.05, 4.69) is 42.1 Å². The molecule has 1 aromatic heterocycles. The van der Waals surface area contributed by atoms with Crippen LogP contribution in [0, 0.1) is 6.92 Å². The Balaban J connectivity index is 1.76. The first kappa shape index (κ1) is 18.5. The molecule has 0 saturated carbocycles. The van der Waals surface area contributed by atoms with Crippen LogP contribution < -0.4 is 21.5 Å². The van der Waals surface area contributed by atoms with E-state index in [4.69, 9.17) is 5.73 Å². The Morgan fingerprint density at radius 2 is 2.15 bits per heavy atom. The van der Waals surface area contributed by atoms with Crippen LogP contribution in [0.1, 0.15) is 24.2 Å². The SMILES string of the molecule is Cc1nc2c(c(=O)n1C)N(Cc1ccccc1Br)C(N1CCC[C@@H](N)C1)N2. The predicted molar refractivity (Wildman–Crippen MR) is 111 cm³/mol. The summed E-state index contributed by atoms with van der Waals surface area (Å²) in [4.78, 5) is 22.1. The fourth-order valence-corrected chi connectivity index (χ4v) is 4.32. The average Bonchev–Trinajstić information content (AvgIpc) is 3.00. The quantitative estimate of drug-likeness (QED) is 0.771. The van der Waals surface area contributed by atoms with Crippen LogP contribution in [-0.4, -0.2) is 39.9 Å². The zero-order chi connectivity index (χ0) is 19.1. The number of aromatic nitrogens is 2. The minimum atomic E-state index is -0.125. The highest BCUT2D eigenvalue weighted by molar-refractivity contribution is 9.10. The lowest BCUT2D eigenvalue weighted by atomic mass is 10.1. The van der Waals surface area contributed by atoms with Gasteiger partial charge in [-0.05, 0) is 31.4 Å². The van der Waals surface area contributed by atoms with Crippen LogP contribution in [0.4, 0.5) is 11.5 Å². The summed E-state index contributed by atoms with van der Waals surface area (Å²) in [7, 11) is 1.77. The number of nitrogens with one attached hydrogen (secondary N) is 1. The Labute approximate surface area is 167 Å². The molecular weight excluding hydrogens is 408 g/mol. The summed E-state index contributed by atoms with van der Waals surface area (Å²) in [6.45, 7) is 4.21. The zero-order valence-electron chi connectivity index (χ0n) is 15.7. The number of rotatable bonds is 3. The summed E-state index contributed by atoms with van der Waals surface area (Å²) < 4.78 is 2.64. The summed E-state index contributed by atoms with van der Waals surface area (Å²) >= 11 is 3.63. The van der Waals surface area contributed by atoms with Crippen LogP contribution >= 0.6 is 15.9 Å². The van der Waals surface area contributed by atoms with Crippen molar-refractivity contribution in [3.8, 4) is 0 Å². The number of piperidine rings is 1. The van der Waals surface area contributed by atoms with Gasteiger partial charge in [-0.3, -0.25) is 14.3 Å². The minimum absolute atomic E-state index is 0.0270. The monoisotopic (exact) mass is 432 g/mol. The Morgan fingerprint density at radius 3 is 2.89 bits per heavy atom. The van der Waals surface area contributed by atoms with Gasteiger partial charge in [-0.25, -0.2) is 4.98 Å². The lowest BCUT2D eigenvalue weighted by Gasteiger charge is -2.39. The van der Waals surface area contributed by atoms with Crippen LogP contribution in [0.15, 0.2) is 33.5 Å². The number of hydrogen-bond donors (Lipinski definition) is 2. The Bertz CT molecular complexity index is 914. The molecule has 2 atom stereocenters. The van der Waals surface area contributed by atoms with Gasteiger partial charge < -0.3 is 16.0 Å². The fourth-order valence-electron chi connectivity index (χ4n) is 3.91. The molecule has 2 aliphatic heterocycles. The molecule has 3 N–H and O–H groups in total. The molecule has 1 aromatic carbocycles. The van der Waals surface area contributed by atoms with E-state index in [1.807, 2.05) is 25.1 Å². The highest BCUT2D eigenvalue weighted by Gasteiger charge is 2.38. The number of benzene rings is 1. The van der Waals surface area contributed by atoms with Crippen LogP contribution in [0.25, 0.3) is 0 Å². The second-order valence-electron chi connectivity index (χ2n) is 7.35. The maximum atomic E-state index is 13.0. The summed E-state index contributed by atoms with van der Waals surface area (Å²) in [5.74, 6) is 1.36. The van der Waals surface area contributed by atoms with Crippen molar-refractivity contribution in [3.63, 3.8) is 0 Å². The number of halogens is 1.